The molecule has 0 unspecified atom stereocenters. The number of hydrogen-bond acceptors (Lipinski definition) is 8. The summed E-state index contributed by atoms with van der Waals surface area (Å²) in [7, 11) is 1.55. The van der Waals surface area contributed by atoms with E-state index in [1.807, 2.05) is 63.2 Å². The number of methoxy groups -OCH3 is 1. The molecule has 0 spiro atoms. The van der Waals surface area contributed by atoms with E-state index in [9.17, 15) is 19.7 Å². The summed E-state index contributed by atoms with van der Waals surface area (Å²) in [5.74, 6) is 0.350. The molecule has 0 N–H and O–H groups in total. The van der Waals surface area contributed by atoms with Gasteiger partial charge in [0, 0.05) is 29.6 Å². The maximum atomic E-state index is 14.1. The molecule has 0 saturated carbocycles. The van der Waals surface area contributed by atoms with Crippen molar-refractivity contribution in [1.82, 2.24) is 9.47 Å². The van der Waals surface area contributed by atoms with Crippen LogP contribution in [0.5, 0.6) is 5.75 Å². The number of nitro benzene ring substituents is 1. The van der Waals surface area contributed by atoms with Crippen LogP contribution in [-0.2, 0) is 4.79 Å². The molecule has 1 aliphatic rings. The lowest BCUT2D eigenvalue weighted by molar-refractivity contribution is -0.387. The molecule has 0 aliphatic carbocycles. The van der Waals surface area contributed by atoms with Crippen LogP contribution >= 0.6 is 23.1 Å². The smallest absolute Gasteiger partial charge is 0.283 e. The average Bonchev–Trinajstić information content (AvgIpc) is 3.32. The van der Waals surface area contributed by atoms with Gasteiger partial charge in [-0.05, 0) is 63.6 Å². The molecular weight excluding hydrogens is 597 g/mol. The number of fused-ring (bicyclic) bond motifs is 1. The minimum Gasteiger partial charge on any atom is -0.496 e. The van der Waals surface area contributed by atoms with E-state index >= 15 is 0 Å². The summed E-state index contributed by atoms with van der Waals surface area (Å²) < 4.78 is 7.55. The molecule has 226 valence electrons. The number of para-hydroxylation sites is 1. The summed E-state index contributed by atoms with van der Waals surface area (Å²) in [6.45, 7) is 8.60. The first-order valence-corrected chi connectivity index (χ1v) is 15.8. The first-order chi connectivity index (χ1) is 21.2. The SMILES string of the molecule is CCN(CC)C(=O)C1=C(C)N=c2s/c(=C\c3ccc(Sc4ccc(C)cc4)c([N+](=O)[O-])c3)c(=O)n2[C@H]1c1ccccc1OC. The molecule has 0 fully saturated rings. The van der Waals surface area contributed by atoms with Crippen molar-refractivity contribution < 1.29 is 14.5 Å². The monoisotopic (exact) mass is 628 g/mol. The molecule has 0 saturated heterocycles. The zero-order valence-electron chi connectivity index (χ0n) is 25.1. The number of aromatic nitrogens is 1. The second-order valence-corrected chi connectivity index (χ2v) is 12.3. The van der Waals surface area contributed by atoms with Gasteiger partial charge in [0.1, 0.15) is 11.8 Å². The Balaban J connectivity index is 1.65. The number of hydrogen-bond donors (Lipinski definition) is 0. The van der Waals surface area contributed by atoms with E-state index in [1.54, 1.807) is 43.2 Å². The van der Waals surface area contributed by atoms with E-state index in [0.29, 0.717) is 55.5 Å². The Morgan fingerprint density at radius 2 is 1.82 bits per heavy atom. The van der Waals surface area contributed by atoms with Gasteiger partial charge in [0.25, 0.3) is 17.2 Å². The van der Waals surface area contributed by atoms with Crippen molar-refractivity contribution in [3.8, 4) is 5.75 Å². The van der Waals surface area contributed by atoms with Crippen molar-refractivity contribution in [3.05, 3.63) is 124 Å². The zero-order chi connectivity index (χ0) is 31.5. The third-order valence-electron chi connectivity index (χ3n) is 7.46. The summed E-state index contributed by atoms with van der Waals surface area (Å²) in [5.41, 5.74) is 2.83. The van der Waals surface area contributed by atoms with Gasteiger partial charge in [-0.2, -0.15) is 0 Å². The number of carbonyl (C=O) groups excluding carboxylic acids is 1. The molecule has 11 heteroatoms. The second kappa shape index (κ2) is 13.0. The Morgan fingerprint density at radius 1 is 1.11 bits per heavy atom. The highest BCUT2D eigenvalue weighted by Crippen LogP contribution is 2.37. The Hall–Kier alpha value is -4.48. The quantitative estimate of drug-likeness (QED) is 0.180. The van der Waals surface area contributed by atoms with Crippen molar-refractivity contribution in [3.63, 3.8) is 0 Å². The molecule has 5 rings (SSSR count). The number of ether oxygens (including phenoxy) is 1. The lowest BCUT2D eigenvalue weighted by Gasteiger charge is -2.29. The molecule has 1 atom stereocenters. The van der Waals surface area contributed by atoms with E-state index in [1.165, 1.54) is 33.7 Å². The number of amides is 1. The first-order valence-electron chi connectivity index (χ1n) is 14.1. The van der Waals surface area contributed by atoms with E-state index in [2.05, 4.69) is 0 Å². The fourth-order valence-corrected chi connectivity index (χ4v) is 7.15. The molecule has 1 aromatic heterocycles. The Morgan fingerprint density at radius 3 is 2.48 bits per heavy atom. The van der Waals surface area contributed by atoms with Crippen LogP contribution in [0.25, 0.3) is 6.08 Å². The highest BCUT2D eigenvalue weighted by Gasteiger charge is 2.35. The van der Waals surface area contributed by atoms with Gasteiger partial charge in [0.15, 0.2) is 4.80 Å². The number of carbonyl (C=O) groups is 1. The van der Waals surface area contributed by atoms with Gasteiger partial charge in [0.2, 0.25) is 0 Å². The standard InChI is InChI=1S/C33H32N4O5S2/c1-6-35(7-2)32(39)29-21(4)34-33-36(30(29)24-10-8-9-11-26(24)42-5)31(38)28(44-33)19-22-14-17-27(25(18-22)37(40)41)43-23-15-12-20(3)13-16-23/h8-19,30H,6-7H2,1-5H3/b28-19-/t30-/m0/s1. The van der Waals surface area contributed by atoms with E-state index < -0.39 is 11.0 Å². The molecule has 0 radical (unpaired) electrons. The van der Waals surface area contributed by atoms with E-state index in [4.69, 9.17) is 9.73 Å². The third kappa shape index (κ3) is 5.97. The maximum absolute atomic E-state index is 14.1. The van der Waals surface area contributed by atoms with Crippen LogP contribution in [-0.4, -0.2) is 40.5 Å². The summed E-state index contributed by atoms with van der Waals surface area (Å²) >= 11 is 2.50. The van der Waals surface area contributed by atoms with Crippen molar-refractivity contribution in [2.24, 2.45) is 4.99 Å². The van der Waals surface area contributed by atoms with Gasteiger partial charge in [-0.25, -0.2) is 4.99 Å². The van der Waals surface area contributed by atoms with Gasteiger partial charge in [0.05, 0.1) is 32.7 Å². The zero-order valence-corrected chi connectivity index (χ0v) is 26.7. The molecule has 1 aliphatic heterocycles. The molecule has 9 nitrogen and oxygen atoms in total. The Kier molecular flexibility index (Phi) is 9.17. The lowest BCUT2D eigenvalue weighted by Crippen LogP contribution is -2.43. The van der Waals surface area contributed by atoms with Gasteiger partial charge in [-0.3, -0.25) is 24.3 Å². The van der Waals surface area contributed by atoms with Crippen molar-refractivity contribution in [2.45, 2.75) is 43.5 Å². The van der Waals surface area contributed by atoms with E-state index in [0.717, 1.165) is 10.5 Å². The van der Waals surface area contributed by atoms with Crippen LogP contribution in [0.15, 0.2) is 97.6 Å². The Bertz CT molecular complexity index is 1960. The number of rotatable bonds is 9. The normalized spacial score (nSPS) is 14.7. The second-order valence-electron chi connectivity index (χ2n) is 10.2. The van der Waals surface area contributed by atoms with Crippen molar-refractivity contribution in [1.29, 1.82) is 0 Å². The van der Waals surface area contributed by atoms with Crippen molar-refractivity contribution in [2.75, 3.05) is 20.2 Å². The van der Waals surface area contributed by atoms with Crippen LogP contribution in [0.3, 0.4) is 0 Å². The average molecular weight is 629 g/mol. The van der Waals surface area contributed by atoms with E-state index in [-0.39, 0.29) is 17.2 Å². The maximum Gasteiger partial charge on any atom is 0.283 e. The molecular formula is C33H32N4O5S2. The molecule has 0 bridgehead atoms. The molecule has 2 heterocycles. The summed E-state index contributed by atoms with van der Waals surface area (Å²) in [6.07, 6.45) is 1.64. The molecule has 3 aromatic carbocycles. The fraction of sp³-hybridized carbons (Fsp3) is 0.242. The molecule has 1 amide bonds. The topological polar surface area (TPSA) is 107 Å². The van der Waals surface area contributed by atoms with Crippen molar-refractivity contribution >= 4 is 40.8 Å². The minimum atomic E-state index is -0.764. The third-order valence-corrected chi connectivity index (χ3v) is 9.52. The van der Waals surface area contributed by atoms with Crippen LogP contribution in [0.1, 0.15) is 43.5 Å². The largest absolute Gasteiger partial charge is 0.496 e. The number of likely N-dealkylation sites (N-methyl/N-ethyl adjacent to an activating group) is 1. The predicted molar refractivity (Wildman–Crippen MR) is 173 cm³/mol. The summed E-state index contributed by atoms with van der Waals surface area (Å²) in [4.78, 5) is 47.8. The summed E-state index contributed by atoms with van der Waals surface area (Å²) in [6, 6.07) is 19.3. The van der Waals surface area contributed by atoms with Crippen LogP contribution in [0.2, 0.25) is 0 Å². The fourth-order valence-electron chi connectivity index (χ4n) is 5.20. The van der Waals surface area contributed by atoms with Crippen LogP contribution < -0.4 is 19.6 Å². The highest BCUT2D eigenvalue weighted by atomic mass is 32.2. The molecule has 4 aromatic rings. The Labute approximate surface area is 263 Å². The van der Waals surface area contributed by atoms with Crippen LogP contribution in [0.4, 0.5) is 5.69 Å². The first kappa shape index (κ1) is 31.0. The van der Waals surface area contributed by atoms with Gasteiger partial charge in [-0.15, -0.1) is 0 Å². The number of benzene rings is 3. The minimum absolute atomic E-state index is 0.0491. The van der Waals surface area contributed by atoms with Gasteiger partial charge < -0.3 is 9.64 Å². The number of nitro groups is 1. The molecule has 44 heavy (non-hydrogen) atoms. The van der Waals surface area contributed by atoms with Crippen LogP contribution in [0, 0.1) is 17.0 Å². The number of thiazole rings is 1. The summed E-state index contributed by atoms with van der Waals surface area (Å²) in [5, 5.41) is 12.0. The predicted octanol–water partition coefficient (Wildman–Crippen LogP) is 5.48. The lowest BCUT2D eigenvalue weighted by atomic mass is 9.94. The van der Waals surface area contributed by atoms with Gasteiger partial charge in [-0.1, -0.05) is 65.1 Å². The number of allylic oxidation sites excluding steroid dienone is 1. The number of nitrogens with zero attached hydrogens (tertiary/aromatic N) is 4. The van der Waals surface area contributed by atoms with Gasteiger partial charge >= 0.3 is 0 Å². The highest BCUT2D eigenvalue weighted by molar-refractivity contribution is 7.99. The number of aryl methyl sites for hydroxylation is 1.